The van der Waals surface area contributed by atoms with Crippen LogP contribution in [0.5, 0.6) is 5.88 Å². The van der Waals surface area contributed by atoms with Crippen LogP contribution in [0, 0.1) is 26.7 Å². The smallest absolute Gasteiger partial charge is 0.219 e. The summed E-state index contributed by atoms with van der Waals surface area (Å²) in [6, 6.07) is 2.04. The topological polar surface area (TPSA) is 79.8 Å². The van der Waals surface area contributed by atoms with Gasteiger partial charge in [0.2, 0.25) is 5.88 Å². The van der Waals surface area contributed by atoms with Gasteiger partial charge < -0.3 is 14.6 Å². The molecule has 1 saturated heterocycles. The second kappa shape index (κ2) is 6.90. The summed E-state index contributed by atoms with van der Waals surface area (Å²) < 4.78 is 6.04. The van der Waals surface area contributed by atoms with E-state index in [2.05, 4.69) is 29.8 Å². The summed E-state index contributed by atoms with van der Waals surface area (Å²) in [5.74, 6) is 3.04. The minimum atomic E-state index is 0.532. The van der Waals surface area contributed by atoms with Gasteiger partial charge in [0.15, 0.2) is 0 Å². The van der Waals surface area contributed by atoms with Crippen LogP contribution in [-0.4, -0.2) is 44.6 Å². The highest BCUT2D eigenvalue weighted by Crippen LogP contribution is 2.27. The number of anilines is 1. The van der Waals surface area contributed by atoms with Crippen molar-refractivity contribution in [2.45, 2.75) is 33.6 Å². The van der Waals surface area contributed by atoms with Crippen LogP contribution in [0.4, 0.5) is 5.82 Å². The number of rotatable bonds is 4. The third kappa shape index (κ3) is 3.21. The van der Waals surface area contributed by atoms with E-state index in [1.54, 1.807) is 6.33 Å². The van der Waals surface area contributed by atoms with Crippen molar-refractivity contribution in [3.05, 3.63) is 35.7 Å². The second-order valence-corrected chi connectivity index (χ2v) is 6.97. The molecule has 1 fully saturated rings. The molecule has 0 aromatic carbocycles. The molecule has 0 spiro atoms. The Morgan fingerprint density at radius 3 is 2.77 bits per heavy atom. The standard InChI is InChI=1S/C19H24N6O/c1-12-13(2)23-14(3)24-19(12)26-10-15-5-8-25(9-6-15)18-16-4-7-20-17(16)21-11-22-18/h4,7,11,15H,5-6,8-10H2,1-3H3,(H,20,21,22). The number of aromatic amines is 1. The molecule has 0 saturated carbocycles. The molecule has 7 nitrogen and oxygen atoms in total. The van der Waals surface area contributed by atoms with E-state index in [9.17, 15) is 0 Å². The number of piperidine rings is 1. The first kappa shape index (κ1) is 16.8. The number of fused-ring (bicyclic) bond motifs is 1. The van der Waals surface area contributed by atoms with Crippen LogP contribution >= 0.6 is 0 Å². The molecule has 0 unspecified atom stereocenters. The van der Waals surface area contributed by atoms with E-state index in [-0.39, 0.29) is 0 Å². The first-order valence-electron chi connectivity index (χ1n) is 9.09. The van der Waals surface area contributed by atoms with E-state index in [0.717, 1.165) is 65.7 Å². The van der Waals surface area contributed by atoms with Crippen LogP contribution < -0.4 is 9.64 Å². The van der Waals surface area contributed by atoms with Gasteiger partial charge in [-0.1, -0.05) is 0 Å². The lowest BCUT2D eigenvalue weighted by atomic mass is 9.97. The fourth-order valence-corrected chi connectivity index (χ4v) is 3.50. The quantitative estimate of drug-likeness (QED) is 0.777. The summed E-state index contributed by atoms with van der Waals surface area (Å²) in [4.78, 5) is 23.1. The van der Waals surface area contributed by atoms with Gasteiger partial charge in [0.1, 0.15) is 23.6 Å². The lowest BCUT2D eigenvalue weighted by Gasteiger charge is -2.32. The Morgan fingerprint density at radius 1 is 1.15 bits per heavy atom. The summed E-state index contributed by atoms with van der Waals surface area (Å²) in [6.45, 7) is 8.58. The lowest BCUT2D eigenvalue weighted by molar-refractivity contribution is 0.214. The van der Waals surface area contributed by atoms with Crippen LogP contribution in [-0.2, 0) is 0 Å². The normalized spacial score (nSPS) is 15.6. The fourth-order valence-electron chi connectivity index (χ4n) is 3.50. The van der Waals surface area contributed by atoms with Crippen molar-refractivity contribution in [3.63, 3.8) is 0 Å². The van der Waals surface area contributed by atoms with Crippen LogP contribution in [0.15, 0.2) is 18.6 Å². The molecule has 136 valence electrons. The molecule has 0 bridgehead atoms. The Hall–Kier alpha value is -2.70. The molecule has 0 atom stereocenters. The number of hydrogen-bond acceptors (Lipinski definition) is 6. The summed E-state index contributed by atoms with van der Waals surface area (Å²) in [5.41, 5.74) is 2.91. The number of aryl methyl sites for hydroxylation is 2. The van der Waals surface area contributed by atoms with Gasteiger partial charge in [-0.3, -0.25) is 0 Å². The molecule has 0 aliphatic carbocycles. The molecule has 3 aromatic rings. The number of ether oxygens (including phenoxy) is 1. The molecule has 0 radical (unpaired) electrons. The molecule has 1 N–H and O–H groups in total. The minimum absolute atomic E-state index is 0.532. The molecule has 1 aliphatic rings. The van der Waals surface area contributed by atoms with E-state index >= 15 is 0 Å². The van der Waals surface area contributed by atoms with Gasteiger partial charge in [-0.15, -0.1) is 0 Å². The third-order valence-corrected chi connectivity index (χ3v) is 5.16. The van der Waals surface area contributed by atoms with Gasteiger partial charge in [0.25, 0.3) is 0 Å². The third-order valence-electron chi connectivity index (χ3n) is 5.16. The average molecular weight is 352 g/mol. The molecular formula is C19H24N6O. The summed E-state index contributed by atoms with van der Waals surface area (Å²) >= 11 is 0. The molecule has 4 heterocycles. The highest BCUT2D eigenvalue weighted by Gasteiger charge is 2.23. The number of H-pyrrole nitrogens is 1. The summed E-state index contributed by atoms with van der Waals surface area (Å²) in [5, 5.41) is 1.09. The van der Waals surface area contributed by atoms with E-state index in [1.165, 1.54) is 0 Å². The fraction of sp³-hybridized carbons (Fsp3) is 0.474. The van der Waals surface area contributed by atoms with Crippen LogP contribution in [0.2, 0.25) is 0 Å². The average Bonchev–Trinajstić information content (AvgIpc) is 3.13. The van der Waals surface area contributed by atoms with Gasteiger partial charge >= 0.3 is 0 Å². The lowest BCUT2D eigenvalue weighted by Crippen LogP contribution is -2.36. The molecule has 0 amide bonds. The van der Waals surface area contributed by atoms with Gasteiger partial charge in [-0.25, -0.2) is 15.0 Å². The largest absolute Gasteiger partial charge is 0.477 e. The van der Waals surface area contributed by atoms with Gasteiger partial charge in [-0.2, -0.15) is 4.98 Å². The van der Waals surface area contributed by atoms with Crippen molar-refractivity contribution in [2.75, 3.05) is 24.6 Å². The van der Waals surface area contributed by atoms with Crippen molar-refractivity contribution >= 4 is 16.9 Å². The maximum atomic E-state index is 6.04. The Bertz CT molecular complexity index is 914. The van der Waals surface area contributed by atoms with Crippen molar-refractivity contribution in [1.82, 2.24) is 24.9 Å². The Balaban J connectivity index is 1.38. The zero-order valence-electron chi connectivity index (χ0n) is 15.5. The zero-order valence-corrected chi connectivity index (χ0v) is 15.5. The second-order valence-electron chi connectivity index (χ2n) is 6.97. The first-order valence-corrected chi connectivity index (χ1v) is 9.09. The van der Waals surface area contributed by atoms with E-state index in [4.69, 9.17) is 4.74 Å². The maximum Gasteiger partial charge on any atom is 0.219 e. The number of nitrogens with zero attached hydrogens (tertiary/aromatic N) is 5. The first-order chi connectivity index (χ1) is 12.6. The summed E-state index contributed by atoms with van der Waals surface area (Å²) in [7, 11) is 0. The van der Waals surface area contributed by atoms with Crippen molar-refractivity contribution < 1.29 is 4.74 Å². The van der Waals surface area contributed by atoms with Crippen molar-refractivity contribution in [3.8, 4) is 5.88 Å². The highest BCUT2D eigenvalue weighted by atomic mass is 16.5. The predicted molar refractivity (Wildman–Crippen MR) is 101 cm³/mol. The molecule has 26 heavy (non-hydrogen) atoms. The van der Waals surface area contributed by atoms with Crippen LogP contribution in [0.1, 0.15) is 29.9 Å². The van der Waals surface area contributed by atoms with Gasteiger partial charge in [0, 0.05) is 30.5 Å². The number of aromatic nitrogens is 5. The predicted octanol–water partition coefficient (Wildman–Crippen LogP) is 2.97. The zero-order chi connectivity index (χ0) is 18.1. The van der Waals surface area contributed by atoms with Crippen LogP contribution in [0.3, 0.4) is 0 Å². The van der Waals surface area contributed by atoms with E-state index in [1.807, 2.05) is 33.0 Å². The Kier molecular flexibility index (Phi) is 4.44. The maximum absolute atomic E-state index is 6.04. The number of nitrogens with one attached hydrogen (secondary N) is 1. The van der Waals surface area contributed by atoms with Crippen molar-refractivity contribution in [2.24, 2.45) is 5.92 Å². The molecule has 4 rings (SSSR count). The van der Waals surface area contributed by atoms with Gasteiger partial charge in [-0.05, 0) is 45.6 Å². The summed E-state index contributed by atoms with van der Waals surface area (Å²) in [6.07, 6.45) is 5.71. The van der Waals surface area contributed by atoms with Crippen molar-refractivity contribution in [1.29, 1.82) is 0 Å². The molecule has 7 heteroatoms. The Morgan fingerprint density at radius 2 is 1.96 bits per heavy atom. The van der Waals surface area contributed by atoms with E-state index < -0.39 is 0 Å². The van der Waals surface area contributed by atoms with Gasteiger partial charge in [0.05, 0.1) is 12.0 Å². The molecule has 3 aromatic heterocycles. The monoisotopic (exact) mass is 352 g/mol. The highest BCUT2D eigenvalue weighted by molar-refractivity contribution is 5.87. The molecule has 1 aliphatic heterocycles. The van der Waals surface area contributed by atoms with Crippen LogP contribution in [0.25, 0.3) is 11.0 Å². The Labute approximate surface area is 152 Å². The minimum Gasteiger partial charge on any atom is -0.477 e. The SMILES string of the molecule is Cc1nc(C)c(C)c(OCC2CCN(c3ncnc4[nH]ccc34)CC2)n1. The molecular weight excluding hydrogens is 328 g/mol. The number of hydrogen-bond donors (Lipinski definition) is 1. The van der Waals surface area contributed by atoms with E-state index in [0.29, 0.717) is 12.5 Å².